The van der Waals surface area contributed by atoms with E-state index in [0.29, 0.717) is 6.61 Å². The first-order valence-corrected chi connectivity index (χ1v) is 17.2. The average molecular weight is 571 g/mol. The molecule has 37 heavy (non-hydrogen) atoms. The normalized spacial score (nSPS) is 37.5. The van der Waals surface area contributed by atoms with Gasteiger partial charge in [0.25, 0.3) is 0 Å². The van der Waals surface area contributed by atoms with Gasteiger partial charge in [0.2, 0.25) is 0 Å². The number of aliphatic hydroxyl groups is 4. The smallest absolute Gasteiger partial charge is 0.335 e. The number of aliphatic hydroxyl groups excluding tert-OH is 4. The fourth-order valence-electron chi connectivity index (χ4n) is 5.38. The number of hydrogen-bond acceptors (Lipinski definition) is 11. The molecule has 0 aliphatic carbocycles. The van der Waals surface area contributed by atoms with Crippen LogP contribution in [-0.2, 0) is 31.9 Å². The summed E-state index contributed by atoms with van der Waals surface area (Å²) in [4.78, 5) is 0. The van der Waals surface area contributed by atoms with Crippen molar-refractivity contribution in [3.8, 4) is 0 Å². The highest BCUT2D eigenvalue weighted by molar-refractivity contribution is 6.83. The molecular formula is C24H50O11Si2. The second-order valence-electron chi connectivity index (χ2n) is 11.3. The van der Waals surface area contributed by atoms with Crippen LogP contribution in [0, 0.1) is 0 Å². The summed E-state index contributed by atoms with van der Waals surface area (Å²) in [6.45, 7) is 17.5. The maximum absolute atomic E-state index is 10.7. The number of rotatable bonds is 7. The maximum Gasteiger partial charge on any atom is 0.335 e. The molecule has 4 N–H and O–H groups in total. The van der Waals surface area contributed by atoms with Crippen molar-refractivity contribution < 1.29 is 52.3 Å². The molecule has 3 rings (SSSR count). The fraction of sp³-hybridized carbons (Fsp3) is 1.00. The maximum atomic E-state index is 10.7. The standard InChI is InChI=1S/C18H38O6Si2.C6H12O5/c1-11(2)25(12(3)4)21-10-15-17(16(19)18(20-9)22-15)23-26(24-25,13(5)6)14(7)8;1-10-6-5(9)4(8)3(2-7)11-6/h11-19H,10H2,1-9H3;3-9H,2H2,1H3/t15-,16?,17+,18-;3-,4+,5?,6-/m11/s1. The van der Waals surface area contributed by atoms with E-state index in [2.05, 4.69) is 60.1 Å². The van der Waals surface area contributed by atoms with Crippen molar-refractivity contribution in [2.45, 2.75) is 127 Å². The molecule has 0 amide bonds. The Labute approximate surface area is 223 Å². The second kappa shape index (κ2) is 13.6. The molecule has 0 spiro atoms. The second-order valence-corrected chi connectivity index (χ2v) is 20.1. The van der Waals surface area contributed by atoms with Crippen LogP contribution >= 0.6 is 0 Å². The molecule has 3 aliphatic rings. The lowest BCUT2D eigenvalue weighted by Crippen LogP contribution is -2.65. The fourth-order valence-corrected chi connectivity index (χ4v) is 16.6. The Bertz CT molecular complexity index is 662. The third kappa shape index (κ3) is 6.67. The molecule has 3 aliphatic heterocycles. The number of methoxy groups -OCH3 is 2. The zero-order valence-corrected chi connectivity index (χ0v) is 26.0. The molecule has 220 valence electrons. The van der Waals surface area contributed by atoms with Gasteiger partial charge in [-0.2, -0.15) is 0 Å². The Hall–Kier alpha value is -0.00623. The Morgan fingerprint density at radius 3 is 1.59 bits per heavy atom. The zero-order valence-electron chi connectivity index (χ0n) is 24.0. The van der Waals surface area contributed by atoms with Gasteiger partial charge in [0.1, 0.15) is 36.6 Å². The van der Waals surface area contributed by atoms with Crippen molar-refractivity contribution in [2.24, 2.45) is 0 Å². The van der Waals surface area contributed by atoms with Gasteiger partial charge < -0.3 is 52.3 Å². The van der Waals surface area contributed by atoms with Crippen LogP contribution in [0.5, 0.6) is 0 Å². The Morgan fingerprint density at radius 2 is 1.22 bits per heavy atom. The van der Waals surface area contributed by atoms with Gasteiger partial charge in [0, 0.05) is 14.2 Å². The van der Waals surface area contributed by atoms with Gasteiger partial charge in [-0.05, 0) is 22.2 Å². The largest absolute Gasteiger partial charge is 0.414 e. The molecule has 3 fully saturated rings. The minimum absolute atomic E-state index is 0.225. The van der Waals surface area contributed by atoms with E-state index >= 15 is 0 Å². The van der Waals surface area contributed by atoms with E-state index in [1.807, 2.05) is 0 Å². The molecule has 11 nitrogen and oxygen atoms in total. The number of hydrogen-bond donors (Lipinski definition) is 4. The molecule has 0 aromatic heterocycles. The van der Waals surface area contributed by atoms with Gasteiger partial charge in [0.15, 0.2) is 12.6 Å². The first-order valence-electron chi connectivity index (χ1n) is 13.3. The van der Waals surface area contributed by atoms with Crippen LogP contribution in [0.15, 0.2) is 0 Å². The summed E-state index contributed by atoms with van der Waals surface area (Å²) in [6.07, 6.45) is -6.06. The lowest BCUT2D eigenvalue weighted by atomic mass is 10.1. The molecule has 13 heteroatoms. The summed E-state index contributed by atoms with van der Waals surface area (Å²) in [5, 5.41) is 37.6. The molecule has 0 aromatic rings. The van der Waals surface area contributed by atoms with E-state index < -0.39 is 60.2 Å². The van der Waals surface area contributed by atoms with Crippen molar-refractivity contribution in [2.75, 3.05) is 27.4 Å². The third-order valence-corrected chi connectivity index (χ3v) is 17.8. The van der Waals surface area contributed by atoms with Crippen LogP contribution in [0.2, 0.25) is 22.2 Å². The predicted molar refractivity (Wildman–Crippen MR) is 140 cm³/mol. The van der Waals surface area contributed by atoms with E-state index in [-0.39, 0.29) is 34.9 Å². The van der Waals surface area contributed by atoms with Crippen molar-refractivity contribution >= 4 is 17.1 Å². The molecule has 8 atom stereocenters. The van der Waals surface area contributed by atoms with Crippen LogP contribution in [0.4, 0.5) is 0 Å². The highest BCUT2D eigenvalue weighted by Gasteiger charge is 2.61. The monoisotopic (exact) mass is 570 g/mol. The SMILES string of the molecule is CO[C@@H]1O[C@@H]2CO[Si](C(C)C)(C(C)C)O[Si](C(C)C)(C(C)C)O[C@@H]2C1O.CO[C@@H]1O[C@H](CO)[C@H](O)C1O. The topological polar surface area (TPSA) is 146 Å². The predicted octanol–water partition coefficient (Wildman–Crippen LogP) is 1.75. The summed E-state index contributed by atoms with van der Waals surface area (Å²) >= 11 is 0. The van der Waals surface area contributed by atoms with E-state index in [1.165, 1.54) is 7.11 Å². The molecule has 0 bridgehead atoms. The van der Waals surface area contributed by atoms with Crippen molar-refractivity contribution in [1.29, 1.82) is 0 Å². The lowest BCUT2D eigenvalue weighted by Gasteiger charge is -2.51. The van der Waals surface area contributed by atoms with Gasteiger partial charge in [-0.1, -0.05) is 55.4 Å². The first kappa shape index (κ1) is 33.2. The first-order chi connectivity index (χ1) is 17.2. The van der Waals surface area contributed by atoms with Gasteiger partial charge >= 0.3 is 17.1 Å². The van der Waals surface area contributed by atoms with Crippen molar-refractivity contribution in [3.05, 3.63) is 0 Å². The lowest BCUT2D eigenvalue weighted by molar-refractivity contribution is -0.153. The zero-order chi connectivity index (χ0) is 28.3. The summed E-state index contributed by atoms with van der Waals surface area (Å²) in [7, 11) is -2.37. The highest BCUT2D eigenvalue weighted by atomic mass is 28.5. The summed E-state index contributed by atoms with van der Waals surface area (Å²) in [5.41, 5.74) is 1.03. The Morgan fingerprint density at radius 1 is 0.730 bits per heavy atom. The van der Waals surface area contributed by atoms with Crippen LogP contribution in [-0.4, -0.2) is 114 Å². The van der Waals surface area contributed by atoms with Crippen molar-refractivity contribution in [3.63, 3.8) is 0 Å². The summed E-state index contributed by atoms with van der Waals surface area (Å²) in [5.74, 6) is 0. The van der Waals surface area contributed by atoms with Crippen LogP contribution in [0.3, 0.4) is 0 Å². The number of ether oxygens (including phenoxy) is 4. The molecule has 2 unspecified atom stereocenters. The Balaban J connectivity index is 0.000000364. The quantitative estimate of drug-likeness (QED) is 0.332. The molecule has 3 heterocycles. The van der Waals surface area contributed by atoms with E-state index in [0.717, 1.165) is 0 Å². The molecule has 3 saturated heterocycles. The molecule has 0 aromatic carbocycles. The van der Waals surface area contributed by atoms with Crippen LogP contribution in [0.1, 0.15) is 55.4 Å². The van der Waals surface area contributed by atoms with Crippen LogP contribution in [0.25, 0.3) is 0 Å². The van der Waals surface area contributed by atoms with Gasteiger partial charge in [-0.25, -0.2) is 0 Å². The summed E-state index contributed by atoms with van der Waals surface area (Å²) in [6, 6.07) is 0. The molecule has 0 saturated carbocycles. The highest BCUT2D eigenvalue weighted by Crippen LogP contribution is 2.47. The minimum Gasteiger partial charge on any atom is -0.414 e. The number of fused-ring (bicyclic) bond motifs is 1. The molecule has 0 radical (unpaired) electrons. The molecular weight excluding hydrogens is 520 g/mol. The van der Waals surface area contributed by atoms with Gasteiger partial charge in [-0.3, -0.25) is 0 Å². The van der Waals surface area contributed by atoms with E-state index in [9.17, 15) is 5.11 Å². The Kier molecular flexibility index (Phi) is 12.2. The minimum atomic E-state index is -2.71. The third-order valence-electron chi connectivity index (χ3n) is 7.59. The summed E-state index contributed by atoms with van der Waals surface area (Å²) < 4.78 is 41.2. The van der Waals surface area contributed by atoms with Gasteiger partial charge in [0.05, 0.1) is 13.2 Å². The van der Waals surface area contributed by atoms with Crippen molar-refractivity contribution in [1.82, 2.24) is 0 Å². The van der Waals surface area contributed by atoms with Crippen LogP contribution < -0.4 is 0 Å². The van der Waals surface area contributed by atoms with E-state index in [4.69, 9.17) is 42.5 Å². The van der Waals surface area contributed by atoms with Gasteiger partial charge in [-0.15, -0.1) is 0 Å². The van der Waals surface area contributed by atoms with E-state index in [1.54, 1.807) is 7.11 Å². The average Bonchev–Trinajstić information content (AvgIpc) is 3.27.